The number of para-hydroxylation sites is 1. The van der Waals surface area contributed by atoms with Gasteiger partial charge < -0.3 is 0 Å². The van der Waals surface area contributed by atoms with Gasteiger partial charge in [0.05, 0.1) is 11.9 Å². The number of rotatable bonds is 6. The summed E-state index contributed by atoms with van der Waals surface area (Å²) < 4.78 is 1.62. The molecule has 3 heterocycles. The van der Waals surface area contributed by atoms with Crippen LogP contribution in [0.1, 0.15) is 10.4 Å². The highest BCUT2D eigenvalue weighted by atomic mass is 35.5. The van der Waals surface area contributed by atoms with Gasteiger partial charge in [-0.05, 0) is 24.3 Å². The van der Waals surface area contributed by atoms with Crippen LogP contribution in [0.3, 0.4) is 0 Å². The summed E-state index contributed by atoms with van der Waals surface area (Å²) in [5.74, 6) is 0.293. The van der Waals surface area contributed by atoms with Gasteiger partial charge in [-0.3, -0.25) is 4.79 Å². The average molecular weight is 566 g/mol. The van der Waals surface area contributed by atoms with Crippen molar-refractivity contribution in [3.05, 3.63) is 131 Å². The number of nitrogens with zero attached hydrogens (tertiary/aromatic N) is 5. The summed E-state index contributed by atoms with van der Waals surface area (Å²) in [6.07, 6.45) is 4.95. The van der Waals surface area contributed by atoms with Gasteiger partial charge in [-0.1, -0.05) is 77.8 Å². The number of pyridine rings is 1. The van der Waals surface area contributed by atoms with Crippen molar-refractivity contribution >= 4 is 46.3 Å². The van der Waals surface area contributed by atoms with Crippen LogP contribution >= 0.6 is 23.2 Å². The van der Waals surface area contributed by atoms with Crippen molar-refractivity contribution in [1.29, 1.82) is 0 Å². The number of hydrogen-bond acceptors (Lipinski definition) is 4. The Hall–Kier alpha value is -4.56. The van der Waals surface area contributed by atoms with E-state index in [1.165, 1.54) is 6.20 Å². The molecule has 0 fully saturated rings. The molecule has 3 aromatic heterocycles. The number of amides is 1. The molecule has 9 heteroatoms. The van der Waals surface area contributed by atoms with Crippen LogP contribution < -0.4 is 10.0 Å². The third kappa shape index (κ3) is 4.60. The van der Waals surface area contributed by atoms with Gasteiger partial charge in [0, 0.05) is 57.3 Å². The monoisotopic (exact) mass is 565 g/mol. The maximum Gasteiger partial charge on any atom is 0.302 e. The van der Waals surface area contributed by atoms with Gasteiger partial charge >= 0.3 is 5.91 Å². The van der Waals surface area contributed by atoms with E-state index in [2.05, 4.69) is 15.5 Å². The maximum absolute atomic E-state index is 13.9. The lowest BCUT2D eigenvalue weighted by Gasteiger charge is -2.31. The van der Waals surface area contributed by atoms with Crippen molar-refractivity contribution in [2.24, 2.45) is 0 Å². The third-order valence-electron chi connectivity index (χ3n) is 6.76. The summed E-state index contributed by atoms with van der Waals surface area (Å²) in [5.41, 5.74) is 7.85. The zero-order valence-electron chi connectivity index (χ0n) is 21.4. The van der Waals surface area contributed by atoms with Crippen LogP contribution in [0.4, 0.5) is 11.5 Å². The van der Waals surface area contributed by atoms with Crippen molar-refractivity contribution in [3.63, 3.8) is 0 Å². The van der Waals surface area contributed by atoms with Gasteiger partial charge in [0.25, 0.3) is 5.82 Å². The summed E-state index contributed by atoms with van der Waals surface area (Å²) in [6.45, 7) is 0. The van der Waals surface area contributed by atoms with E-state index >= 15 is 0 Å². The molecule has 0 saturated carbocycles. The van der Waals surface area contributed by atoms with E-state index in [0.29, 0.717) is 27.1 Å². The normalized spacial score (nSPS) is 12.7. The highest BCUT2D eigenvalue weighted by Crippen LogP contribution is 2.37. The first-order chi connectivity index (χ1) is 19.5. The Labute approximate surface area is 240 Å². The first kappa shape index (κ1) is 25.7. The Morgan fingerprint density at radius 2 is 1.52 bits per heavy atom. The molecular formula is C31H23Cl2N6O+. The van der Waals surface area contributed by atoms with Crippen LogP contribution in [0, 0.1) is 0 Å². The van der Waals surface area contributed by atoms with Crippen molar-refractivity contribution in [1.82, 2.24) is 29.6 Å². The minimum atomic E-state index is -0.355. The number of hydrogen-bond donors (Lipinski definition) is 1. The number of halogens is 2. The van der Waals surface area contributed by atoms with E-state index < -0.39 is 0 Å². The summed E-state index contributed by atoms with van der Waals surface area (Å²) in [5, 5.41) is 5.82. The first-order valence-corrected chi connectivity index (χ1v) is 13.3. The van der Waals surface area contributed by atoms with Crippen molar-refractivity contribution in [2.75, 3.05) is 7.05 Å². The SMILES string of the molecule is C[N+](NC(=O)c1cnn2c(-c3ccc(Cl)cc3)c(-c3ccccc3Cl)cnc12)(c1ccccc1)c1ccccn1. The van der Waals surface area contributed by atoms with Gasteiger partial charge in [0.2, 0.25) is 0 Å². The Bertz CT molecular complexity index is 1780. The number of benzene rings is 3. The van der Waals surface area contributed by atoms with E-state index in [1.54, 1.807) is 16.9 Å². The van der Waals surface area contributed by atoms with Gasteiger partial charge in [-0.15, -0.1) is 4.59 Å². The number of nitrogens with one attached hydrogen (secondary N) is 1. The molecule has 0 spiro atoms. The lowest BCUT2D eigenvalue weighted by molar-refractivity contribution is 0.0880. The van der Waals surface area contributed by atoms with E-state index in [-0.39, 0.29) is 10.5 Å². The zero-order valence-corrected chi connectivity index (χ0v) is 22.9. The van der Waals surface area contributed by atoms with E-state index in [4.69, 9.17) is 28.2 Å². The second-order valence-corrected chi connectivity index (χ2v) is 10.1. The summed E-state index contributed by atoms with van der Waals surface area (Å²) >= 11 is 12.8. The molecule has 1 unspecified atom stereocenters. The molecule has 3 aromatic carbocycles. The Kier molecular flexibility index (Phi) is 6.77. The molecule has 0 aliphatic rings. The van der Waals surface area contributed by atoms with E-state index in [1.807, 2.05) is 104 Å². The number of fused-ring (bicyclic) bond motifs is 1. The predicted octanol–water partition coefficient (Wildman–Crippen LogP) is 7.38. The second kappa shape index (κ2) is 10.5. The fourth-order valence-electron chi connectivity index (χ4n) is 4.72. The van der Waals surface area contributed by atoms with Crippen LogP contribution in [-0.4, -0.2) is 32.5 Å². The van der Waals surface area contributed by atoms with Crippen LogP contribution in [0.15, 0.2) is 116 Å². The van der Waals surface area contributed by atoms with Crippen LogP contribution in [0.2, 0.25) is 10.0 Å². The Balaban J connectivity index is 1.49. The molecule has 0 radical (unpaired) electrons. The second-order valence-electron chi connectivity index (χ2n) is 9.27. The fraction of sp³-hybridized carbons (Fsp3) is 0.0323. The molecule has 1 amide bonds. The molecule has 1 N–H and O–H groups in total. The zero-order chi connectivity index (χ0) is 27.7. The summed E-state index contributed by atoms with van der Waals surface area (Å²) in [7, 11) is 1.88. The number of aromatic nitrogens is 4. The standard InChI is InChI=1S/C31H22Cl2N6O/c1-39(23-9-3-2-4-10-23,28-13-7-8-18-34-28)37-31(40)26-20-36-38-29(21-14-16-22(32)17-15-21)25(19-35-30(26)38)24-11-5-6-12-27(24)33/h2-20H,1H3/p+1. The topological polar surface area (TPSA) is 72.2 Å². The Morgan fingerprint density at radius 3 is 2.25 bits per heavy atom. The number of quaternary nitrogens is 1. The highest BCUT2D eigenvalue weighted by Gasteiger charge is 2.34. The van der Waals surface area contributed by atoms with Crippen LogP contribution in [0.5, 0.6) is 0 Å². The third-order valence-corrected chi connectivity index (χ3v) is 7.34. The predicted molar refractivity (Wildman–Crippen MR) is 159 cm³/mol. The summed E-state index contributed by atoms with van der Waals surface area (Å²) in [4.78, 5) is 23.1. The fourth-order valence-corrected chi connectivity index (χ4v) is 5.08. The molecule has 6 rings (SSSR count). The largest absolute Gasteiger partial charge is 0.302 e. The molecule has 40 heavy (non-hydrogen) atoms. The number of carbonyl (C=O) groups excluding carboxylic acids is 1. The van der Waals surface area contributed by atoms with Gasteiger partial charge in [-0.25, -0.2) is 14.5 Å². The molecule has 1 atom stereocenters. The minimum Gasteiger partial charge on any atom is -0.264 e. The van der Waals surface area contributed by atoms with Gasteiger partial charge in [0.15, 0.2) is 11.3 Å². The quantitative estimate of drug-likeness (QED) is 0.169. The molecule has 0 bridgehead atoms. The first-order valence-electron chi connectivity index (χ1n) is 12.5. The lowest BCUT2D eigenvalue weighted by atomic mass is 10.0. The van der Waals surface area contributed by atoms with E-state index in [9.17, 15) is 4.79 Å². The van der Waals surface area contributed by atoms with E-state index in [0.717, 1.165) is 28.1 Å². The van der Waals surface area contributed by atoms with Gasteiger partial charge in [0.1, 0.15) is 12.6 Å². The van der Waals surface area contributed by atoms with Crippen molar-refractivity contribution < 1.29 is 4.79 Å². The molecule has 196 valence electrons. The molecule has 0 aliphatic carbocycles. The smallest absolute Gasteiger partial charge is 0.264 e. The highest BCUT2D eigenvalue weighted by molar-refractivity contribution is 6.33. The number of carbonyl (C=O) groups is 1. The Morgan fingerprint density at radius 1 is 0.800 bits per heavy atom. The average Bonchev–Trinajstić information content (AvgIpc) is 3.43. The molecule has 0 aliphatic heterocycles. The van der Waals surface area contributed by atoms with Gasteiger partial charge in [-0.2, -0.15) is 10.5 Å². The van der Waals surface area contributed by atoms with Crippen LogP contribution in [0.25, 0.3) is 28.0 Å². The maximum atomic E-state index is 13.9. The lowest BCUT2D eigenvalue weighted by Crippen LogP contribution is -2.55. The van der Waals surface area contributed by atoms with Crippen LogP contribution in [-0.2, 0) is 0 Å². The minimum absolute atomic E-state index is 0.0560. The molecule has 6 aromatic rings. The summed E-state index contributed by atoms with van der Waals surface area (Å²) in [6, 6.07) is 30.2. The molecule has 7 nitrogen and oxygen atoms in total. The van der Waals surface area contributed by atoms with Crippen molar-refractivity contribution in [2.45, 2.75) is 0 Å². The molecule has 0 saturated heterocycles. The van der Waals surface area contributed by atoms with Crippen molar-refractivity contribution in [3.8, 4) is 22.4 Å². The molecular weight excluding hydrogens is 543 g/mol.